The van der Waals surface area contributed by atoms with Gasteiger partial charge in [-0.2, -0.15) is 0 Å². The number of aliphatic hydroxyl groups is 1. The highest BCUT2D eigenvalue weighted by Crippen LogP contribution is 2.24. The molecule has 0 bridgehead atoms. The molecule has 1 aromatic carbocycles. The van der Waals surface area contributed by atoms with E-state index in [-0.39, 0.29) is 6.61 Å². The van der Waals surface area contributed by atoms with E-state index in [9.17, 15) is 0 Å². The van der Waals surface area contributed by atoms with Gasteiger partial charge in [0.2, 0.25) is 0 Å². The van der Waals surface area contributed by atoms with Crippen LogP contribution in [0.1, 0.15) is 18.1 Å². The SMILES string of the molecule is Cc1c(I)cccc1[C@](C)(N)CO. The molecule has 0 radical (unpaired) electrons. The molecule has 0 saturated heterocycles. The monoisotopic (exact) mass is 291 g/mol. The van der Waals surface area contributed by atoms with Crippen molar-refractivity contribution in [3.05, 3.63) is 32.9 Å². The molecule has 0 aliphatic carbocycles. The van der Waals surface area contributed by atoms with Crippen LogP contribution in [-0.2, 0) is 5.54 Å². The Labute approximate surface area is 92.3 Å². The van der Waals surface area contributed by atoms with Crippen molar-refractivity contribution in [1.82, 2.24) is 0 Å². The molecule has 1 aromatic rings. The van der Waals surface area contributed by atoms with Crippen LogP contribution in [0.5, 0.6) is 0 Å². The third-order valence-corrected chi connectivity index (χ3v) is 3.38. The fourth-order valence-electron chi connectivity index (χ4n) is 1.31. The summed E-state index contributed by atoms with van der Waals surface area (Å²) in [6.45, 7) is 3.83. The quantitative estimate of drug-likeness (QED) is 0.816. The van der Waals surface area contributed by atoms with Crippen LogP contribution in [0.4, 0.5) is 0 Å². The molecule has 0 fully saturated rings. The zero-order valence-electron chi connectivity index (χ0n) is 7.84. The molecule has 0 heterocycles. The van der Waals surface area contributed by atoms with Gasteiger partial charge in [0.1, 0.15) is 0 Å². The molecule has 3 N–H and O–H groups in total. The minimum Gasteiger partial charge on any atom is -0.394 e. The first-order valence-electron chi connectivity index (χ1n) is 4.14. The average molecular weight is 291 g/mol. The highest BCUT2D eigenvalue weighted by atomic mass is 127. The van der Waals surface area contributed by atoms with E-state index in [1.54, 1.807) is 0 Å². The smallest absolute Gasteiger partial charge is 0.0650 e. The summed E-state index contributed by atoms with van der Waals surface area (Å²) in [5.41, 5.74) is 7.49. The predicted octanol–water partition coefficient (Wildman–Crippen LogP) is 1.77. The molecule has 0 spiro atoms. The topological polar surface area (TPSA) is 46.2 Å². The molecule has 2 nitrogen and oxygen atoms in total. The lowest BCUT2D eigenvalue weighted by atomic mass is 9.90. The highest BCUT2D eigenvalue weighted by molar-refractivity contribution is 14.1. The lowest BCUT2D eigenvalue weighted by Crippen LogP contribution is -2.37. The molecule has 1 atom stereocenters. The normalized spacial score (nSPS) is 15.5. The van der Waals surface area contributed by atoms with Crippen molar-refractivity contribution in [3.63, 3.8) is 0 Å². The van der Waals surface area contributed by atoms with Gasteiger partial charge in [-0.05, 0) is 53.6 Å². The minimum atomic E-state index is -0.634. The maximum absolute atomic E-state index is 9.14. The fourth-order valence-corrected chi connectivity index (χ4v) is 1.81. The van der Waals surface area contributed by atoms with Gasteiger partial charge in [0, 0.05) is 3.57 Å². The Balaban J connectivity index is 3.22. The zero-order chi connectivity index (χ0) is 10.1. The lowest BCUT2D eigenvalue weighted by Gasteiger charge is -2.24. The first-order chi connectivity index (χ1) is 5.99. The Morgan fingerprint density at radius 3 is 2.69 bits per heavy atom. The van der Waals surface area contributed by atoms with Crippen LogP contribution < -0.4 is 5.73 Å². The first kappa shape index (κ1) is 10.9. The Morgan fingerprint density at radius 2 is 2.15 bits per heavy atom. The summed E-state index contributed by atoms with van der Waals surface area (Å²) in [7, 11) is 0. The second kappa shape index (κ2) is 3.94. The maximum Gasteiger partial charge on any atom is 0.0650 e. The maximum atomic E-state index is 9.14. The molecule has 0 amide bonds. The Bertz CT molecular complexity index is 310. The molecule has 0 saturated carbocycles. The summed E-state index contributed by atoms with van der Waals surface area (Å²) in [6.07, 6.45) is 0. The summed E-state index contributed by atoms with van der Waals surface area (Å²) in [4.78, 5) is 0. The fraction of sp³-hybridized carbons (Fsp3) is 0.400. The number of nitrogens with two attached hydrogens (primary N) is 1. The molecule has 0 aliphatic heterocycles. The van der Waals surface area contributed by atoms with Gasteiger partial charge >= 0.3 is 0 Å². The van der Waals surface area contributed by atoms with Crippen molar-refractivity contribution in [2.45, 2.75) is 19.4 Å². The van der Waals surface area contributed by atoms with Crippen molar-refractivity contribution in [3.8, 4) is 0 Å². The molecule has 13 heavy (non-hydrogen) atoms. The van der Waals surface area contributed by atoms with Crippen molar-refractivity contribution in [1.29, 1.82) is 0 Å². The third-order valence-electron chi connectivity index (χ3n) is 2.21. The Morgan fingerprint density at radius 1 is 1.54 bits per heavy atom. The third kappa shape index (κ3) is 2.21. The second-order valence-corrected chi connectivity index (χ2v) is 4.65. The predicted molar refractivity (Wildman–Crippen MR) is 62.5 cm³/mol. The van der Waals surface area contributed by atoms with E-state index in [0.717, 1.165) is 11.1 Å². The van der Waals surface area contributed by atoms with Gasteiger partial charge in [0.05, 0.1) is 12.1 Å². The molecular formula is C10H14INO. The van der Waals surface area contributed by atoms with E-state index in [0.29, 0.717) is 0 Å². The van der Waals surface area contributed by atoms with E-state index < -0.39 is 5.54 Å². The number of rotatable bonds is 2. The Kier molecular flexibility index (Phi) is 3.32. The summed E-state index contributed by atoms with van der Waals surface area (Å²) in [5.74, 6) is 0. The molecule has 0 unspecified atom stereocenters. The van der Waals surface area contributed by atoms with Crippen LogP contribution in [0.15, 0.2) is 18.2 Å². The van der Waals surface area contributed by atoms with Gasteiger partial charge in [0.15, 0.2) is 0 Å². The van der Waals surface area contributed by atoms with Crippen molar-refractivity contribution < 1.29 is 5.11 Å². The van der Waals surface area contributed by atoms with Gasteiger partial charge in [-0.15, -0.1) is 0 Å². The summed E-state index contributed by atoms with van der Waals surface area (Å²) < 4.78 is 1.18. The molecule has 3 heteroatoms. The first-order valence-corrected chi connectivity index (χ1v) is 5.22. The van der Waals surface area contributed by atoms with E-state index >= 15 is 0 Å². The van der Waals surface area contributed by atoms with Crippen LogP contribution in [-0.4, -0.2) is 11.7 Å². The van der Waals surface area contributed by atoms with E-state index in [1.165, 1.54) is 3.57 Å². The molecular weight excluding hydrogens is 277 g/mol. The van der Waals surface area contributed by atoms with Crippen molar-refractivity contribution in [2.75, 3.05) is 6.61 Å². The number of hydrogen-bond acceptors (Lipinski definition) is 2. The molecule has 1 rings (SSSR count). The van der Waals surface area contributed by atoms with Crippen LogP contribution in [0.2, 0.25) is 0 Å². The van der Waals surface area contributed by atoms with Gasteiger partial charge in [0.25, 0.3) is 0 Å². The summed E-state index contributed by atoms with van der Waals surface area (Å²) >= 11 is 2.27. The minimum absolute atomic E-state index is 0.0338. The lowest BCUT2D eigenvalue weighted by molar-refractivity contribution is 0.209. The van der Waals surface area contributed by atoms with Gasteiger partial charge in [-0.25, -0.2) is 0 Å². The van der Waals surface area contributed by atoms with Crippen LogP contribution >= 0.6 is 22.6 Å². The van der Waals surface area contributed by atoms with E-state index in [2.05, 4.69) is 22.6 Å². The number of aliphatic hydroxyl groups excluding tert-OH is 1. The van der Waals surface area contributed by atoms with Gasteiger partial charge < -0.3 is 10.8 Å². The number of benzene rings is 1. The molecule has 72 valence electrons. The van der Waals surface area contributed by atoms with E-state index in [1.807, 2.05) is 32.0 Å². The van der Waals surface area contributed by atoms with Gasteiger partial charge in [-0.1, -0.05) is 12.1 Å². The summed E-state index contributed by atoms with van der Waals surface area (Å²) in [5, 5.41) is 9.14. The standard InChI is InChI=1S/C10H14INO/c1-7-8(10(2,12)6-13)4-3-5-9(7)11/h3-5,13H,6,12H2,1-2H3/t10-/m1/s1. The van der Waals surface area contributed by atoms with Crippen LogP contribution in [0.3, 0.4) is 0 Å². The zero-order valence-corrected chi connectivity index (χ0v) is 10.00. The molecule has 0 aliphatic rings. The second-order valence-electron chi connectivity index (χ2n) is 3.49. The highest BCUT2D eigenvalue weighted by Gasteiger charge is 2.22. The van der Waals surface area contributed by atoms with Gasteiger partial charge in [-0.3, -0.25) is 0 Å². The number of halogens is 1. The van der Waals surface area contributed by atoms with Crippen molar-refractivity contribution >= 4 is 22.6 Å². The van der Waals surface area contributed by atoms with Crippen LogP contribution in [0, 0.1) is 10.5 Å². The van der Waals surface area contributed by atoms with E-state index in [4.69, 9.17) is 10.8 Å². The number of hydrogen-bond donors (Lipinski definition) is 2. The van der Waals surface area contributed by atoms with Crippen molar-refractivity contribution in [2.24, 2.45) is 5.73 Å². The largest absolute Gasteiger partial charge is 0.394 e. The molecule has 0 aromatic heterocycles. The Hall–Kier alpha value is -0.130. The summed E-state index contributed by atoms with van der Waals surface area (Å²) in [6, 6.07) is 5.96. The van der Waals surface area contributed by atoms with Crippen LogP contribution in [0.25, 0.3) is 0 Å². The average Bonchev–Trinajstić information content (AvgIpc) is 2.09.